The van der Waals surface area contributed by atoms with E-state index in [9.17, 15) is 4.79 Å². The van der Waals surface area contributed by atoms with Crippen molar-refractivity contribution in [2.24, 2.45) is 5.92 Å². The quantitative estimate of drug-likeness (QED) is 0.870. The van der Waals surface area contributed by atoms with Gasteiger partial charge in [-0.05, 0) is 50.3 Å². The van der Waals surface area contributed by atoms with Crippen LogP contribution < -0.4 is 10.1 Å². The van der Waals surface area contributed by atoms with E-state index in [2.05, 4.69) is 5.32 Å². The molecule has 1 aliphatic rings. The Labute approximate surface area is 127 Å². The molecule has 21 heavy (non-hydrogen) atoms. The lowest BCUT2D eigenvalue weighted by molar-refractivity contribution is 0.180. The van der Waals surface area contributed by atoms with Crippen LogP contribution in [-0.4, -0.2) is 31.1 Å². The third kappa shape index (κ3) is 4.38. The summed E-state index contributed by atoms with van der Waals surface area (Å²) in [5.41, 5.74) is 1.09. The average Bonchev–Trinajstić information content (AvgIpc) is 2.43. The summed E-state index contributed by atoms with van der Waals surface area (Å²) in [6.07, 6.45) is 3.82. The molecule has 0 aliphatic heterocycles. The van der Waals surface area contributed by atoms with E-state index >= 15 is 0 Å². The van der Waals surface area contributed by atoms with Crippen molar-refractivity contribution in [3.63, 3.8) is 0 Å². The molecule has 116 valence electrons. The van der Waals surface area contributed by atoms with Crippen molar-refractivity contribution in [3.05, 3.63) is 29.8 Å². The first-order valence-electron chi connectivity index (χ1n) is 7.84. The van der Waals surface area contributed by atoms with Crippen molar-refractivity contribution in [1.82, 2.24) is 10.2 Å². The lowest BCUT2D eigenvalue weighted by Crippen LogP contribution is -2.42. The molecule has 1 atom stereocenters. The average molecular weight is 290 g/mol. The van der Waals surface area contributed by atoms with Gasteiger partial charge < -0.3 is 15.0 Å². The van der Waals surface area contributed by atoms with Crippen LogP contribution in [-0.2, 0) is 0 Å². The lowest BCUT2D eigenvalue weighted by atomic mass is 9.85. The van der Waals surface area contributed by atoms with Crippen LogP contribution in [0.3, 0.4) is 0 Å². The van der Waals surface area contributed by atoms with Gasteiger partial charge in [0, 0.05) is 13.6 Å². The fourth-order valence-electron chi connectivity index (χ4n) is 2.54. The Bertz CT molecular complexity index is 454. The first-order valence-corrected chi connectivity index (χ1v) is 7.84. The maximum Gasteiger partial charge on any atom is 0.317 e. The van der Waals surface area contributed by atoms with Crippen LogP contribution in [0.2, 0.25) is 0 Å². The fraction of sp³-hybridized carbons (Fsp3) is 0.588. The number of nitrogens with zero attached hydrogens (tertiary/aromatic N) is 1. The van der Waals surface area contributed by atoms with Gasteiger partial charge in [-0.25, -0.2) is 4.79 Å². The first-order chi connectivity index (χ1) is 10.1. The van der Waals surface area contributed by atoms with Crippen LogP contribution in [0.1, 0.15) is 44.7 Å². The normalized spacial score (nSPS) is 16.0. The minimum atomic E-state index is -0.00276. The van der Waals surface area contributed by atoms with Gasteiger partial charge in [-0.1, -0.05) is 18.6 Å². The molecule has 0 unspecified atom stereocenters. The third-order valence-corrected chi connectivity index (χ3v) is 4.13. The van der Waals surface area contributed by atoms with Crippen LogP contribution in [0, 0.1) is 5.92 Å². The minimum absolute atomic E-state index is 0.00276. The first kappa shape index (κ1) is 15.7. The molecule has 0 heterocycles. The van der Waals surface area contributed by atoms with E-state index in [1.165, 1.54) is 19.3 Å². The molecule has 1 fully saturated rings. The Kier molecular flexibility index (Phi) is 5.48. The molecule has 0 aromatic heterocycles. The predicted molar refractivity (Wildman–Crippen MR) is 84.5 cm³/mol. The number of carbonyl (C=O) groups excluding carboxylic acids is 1. The van der Waals surface area contributed by atoms with E-state index in [1.807, 2.05) is 45.2 Å². The van der Waals surface area contributed by atoms with Crippen molar-refractivity contribution in [2.75, 3.05) is 20.2 Å². The van der Waals surface area contributed by atoms with Crippen molar-refractivity contribution < 1.29 is 9.53 Å². The molecule has 0 spiro atoms. The van der Waals surface area contributed by atoms with E-state index < -0.39 is 0 Å². The SMILES string of the molecule is CCOc1ccc([C@H](C)NC(=O)N(C)CC2CCC2)cc1. The van der Waals surface area contributed by atoms with Crippen LogP contribution in [0.25, 0.3) is 0 Å². The molecule has 1 aromatic carbocycles. The second-order valence-electron chi connectivity index (χ2n) is 5.85. The fourth-order valence-corrected chi connectivity index (χ4v) is 2.54. The van der Waals surface area contributed by atoms with Gasteiger partial charge in [0.25, 0.3) is 0 Å². The number of nitrogens with one attached hydrogen (secondary N) is 1. The zero-order valence-electron chi connectivity index (χ0n) is 13.3. The van der Waals surface area contributed by atoms with Crippen LogP contribution in [0.4, 0.5) is 4.79 Å². The van der Waals surface area contributed by atoms with Gasteiger partial charge in [0.05, 0.1) is 12.6 Å². The topological polar surface area (TPSA) is 41.6 Å². The van der Waals surface area contributed by atoms with Crippen molar-refractivity contribution in [1.29, 1.82) is 0 Å². The Balaban J connectivity index is 1.84. The summed E-state index contributed by atoms with van der Waals surface area (Å²) in [6, 6.07) is 7.89. The summed E-state index contributed by atoms with van der Waals surface area (Å²) in [4.78, 5) is 14.0. The van der Waals surface area contributed by atoms with Gasteiger partial charge in [0.1, 0.15) is 5.75 Å². The van der Waals surface area contributed by atoms with Gasteiger partial charge in [-0.3, -0.25) is 0 Å². The summed E-state index contributed by atoms with van der Waals surface area (Å²) in [5.74, 6) is 1.56. The molecule has 0 radical (unpaired) electrons. The minimum Gasteiger partial charge on any atom is -0.494 e. The maximum absolute atomic E-state index is 12.2. The Morgan fingerprint density at radius 3 is 2.57 bits per heavy atom. The van der Waals surface area contributed by atoms with Crippen LogP contribution >= 0.6 is 0 Å². The van der Waals surface area contributed by atoms with Crippen molar-refractivity contribution in [3.8, 4) is 5.75 Å². The van der Waals surface area contributed by atoms with E-state index in [0.29, 0.717) is 12.5 Å². The smallest absolute Gasteiger partial charge is 0.317 e. The van der Waals surface area contributed by atoms with Crippen molar-refractivity contribution in [2.45, 2.75) is 39.2 Å². The highest BCUT2D eigenvalue weighted by molar-refractivity contribution is 5.74. The summed E-state index contributed by atoms with van der Waals surface area (Å²) in [7, 11) is 1.87. The molecule has 2 amide bonds. The van der Waals surface area contributed by atoms with Crippen LogP contribution in [0.15, 0.2) is 24.3 Å². The summed E-state index contributed by atoms with van der Waals surface area (Å²) >= 11 is 0. The zero-order chi connectivity index (χ0) is 15.2. The standard InChI is InChI=1S/C17H26N2O2/c1-4-21-16-10-8-15(9-11-16)13(2)18-17(20)19(3)12-14-6-5-7-14/h8-11,13-14H,4-7,12H2,1-3H3,(H,18,20)/t13-/m0/s1. The molecule has 0 saturated heterocycles. The molecule has 1 N–H and O–H groups in total. The van der Waals surface area contributed by atoms with Crippen LogP contribution in [0.5, 0.6) is 5.75 Å². The molecule has 0 bridgehead atoms. The molecular weight excluding hydrogens is 264 g/mol. The summed E-state index contributed by atoms with van der Waals surface area (Å²) in [6.45, 7) is 5.50. The number of carbonyl (C=O) groups is 1. The zero-order valence-corrected chi connectivity index (χ0v) is 13.3. The number of urea groups is 1. The van der Waals surface area contributed by atoms with Crippen molar-refractivity contribution >= 4 is 6.03 Å². The van der Waals surface area contributed by atoms with Gasteiger partial charge in [0.2, 0.25) is 0 Å². The van der Waals surface area contributed by atoms with E-state index in [0.717, 1.165) is 17.9 Å². The second kappa shape index (κ2) is 7.34. The lowest BCUT2D eigenvalue weighted by Gasteiger charge is -2.30. The number of rotatable bonds is 6. The highest BCUT2D eigenvalue weighted by Crippen LogP contribution is 2.26. The molecule has 4 nitrogen and oxygen atoms in total. The third-order valence-electron chi connectivity index (χ3n) is 4.13. The van der Waals surface area contributed by atoms with E-state index in [-0.39, 0.29) is 12.1 Å². The molecule has 2 rings (SSSR count). The highest BCUT2D eigenvalue weighted by atomic mass is 16.5. The number of hydrogen-bond donors (Lipinski definition) is 1. The highest BCUT2D eigenvalue weighted by Gasteiger charge is 2.22. The maximum atomic E-state index is 12.2. The van der Waals surface area contributed by atoms with E-state index in [1.54, 1.807) is 4.90 Å². The largest absolute Gasteiger partial charge is 0.494 e. The molecule has 4 heteroatoms. The number of hydrogen-bond acceptors (Lipinski definition) is 2. The predicted octanol–water partition coefficient (Wildman–Crippen LogP) is 3.59. The second-order valence-corrected chi connectivity index (χ2v) is 5.85. The van der Waals surface area contributed by atoms with Gasteiger partial charge in [-0.15, -0.1) is 0 Å². The number of benzene rings is 1. The molecule has 1 aliphatic carbocycles. The number of ether oxygens (including phenoxy) is 1. The number of amides is 2. The van der Waals surface area contributed by atoms with E-state index in [4.69, 9.17) is 4.74 Å². The van der Waals surface area contributed by atoms with Gasteiger partial charge in [0.15, 0.2) is 0 Å². The monoisotopic (exact) mass is 290 g/mol. The van der Waals surface area contributed by atoms with Gasteiger partial charge in [-0.2, -0.15) is 0 Å². The molecule has 1 aromatic rings. The Morgan fingerprint density at radius 2 is 2.05 bits per heavy atom. The Hall–Kier alpha value is -1.71. The van der Waals surface area contributed by atoms with Gasteiger partial charge >= 0.3 is 6.03 Å². The summed E-state index contributed by atoms with van der Waals surface area (Å²) in [5, 5.41) is 3.05. The molecular formula is C17H26N2O2. The Morgan fingerprint density at radius 1 is 1.38 bits per heavy atom. The molecule has 1 saturated carbocycles. The summed E-state index contributed by atoms with van der Waals surface area (Å²) < 4.78 is 5.43.